The third-order valence-corrected chi connectivity index (χ3v) is 4.68. The van der Waals surface area contributed by atoms with Crippen molar-refractivity contribution in [2.45, 2.75) is 12.3 Å². The molecule has 7 nitrogen and oxygen atoms in total. The molecule has 0 atom stereocenters. The topological polar surface area (TPSA) is 80.3 Å². The lowest BCUT2D eigenvalue weighted by Gasteiger charge is -2.38. The number of ether oxygens (including phenoxy) is 2. The van der Waals surface area contributed by atoms with E-state index in [4.69, 9.17) is 9.47 Å². The van der Waals surface area contributed by atoms with Crippen molar-refractivity contribution in [1.82, 2.24) is 20.1 Å². The summed E-state index contributed by atoms with van der Waals surface area (Å²) in [5, 5.41) is 6.92. The van der Waals surface area contributed by atoms with E-state index >= 15 is 0 Å². The number of methoxy groups -OCH3 is 1. The molecule has 0 bridgehead atoms. The summed E-state index contributed by atoms with van der Waals surface area (Å²) in [6, 6.07) is 11.1. The third kappa shape index (κ3) is 3.93. The standard InChI is InChI=1S/C20H17F3N4O3/c1-29-17-5-3-2-4-14(17)15-8-16(26-25-15)19(28)27-10-13(11-27)30-18-7-6-12(9-24-18)20(21,22)23/h2-9,13H,10-11H2,1H3,(H,25,26). The van der Waals surface area contributed by atoms with Crippen molar-refractivity contribution in [3.63, 3.8) is 0 Å². The smallest absolute Gasteiger partial charge is 0.417 e. The average molecular weight is 418 g/mol. The van der Waals surface area contributed by atoms with Gasteiger partial charge >= 0.3 is 6.18 Å². The lowest BCUT2D eigenvalue weighted by Crippen LogP contribution is -2.56. The van der Waals surface area contributed by atoms with Crippen molar-refractivity contribution in [3.8, 4) is 22.9 Å². The number of para-hydroxylation sites is 1. The van der Waals surface area contributed by atoms with E-state index in [0.717, 1.165) is 17.8 Å². The largest absolute Gasteiger partial charge is 0.496 e. The minimum atomic E-state index is -4.45. The molecule has 1 aromatic carbocycles. The first-order chi connectivity index (χ1) is 14.3. The number of alkyl halides is 3. The molecule has 0 radical (unpaired) electrons. The van der Waals surface area contributed by atoms with Crippen LogP contribution in [-0.4, -0.2) is 52.3 Å². The molecule has 0 saturated carbocycles. The Kier molecular flexibility index (Phi) is 5.06. The van der Waals surface area contributed by atoms with Crippen LogP contribution in [0.2, 0.25) is 0 Å². The van der Waals surface area contributed by atoms with E-state index in [-0.39, 0.29) is 17.9 Å². The maximum Gasteiger partial charge on any atom is 0.417 e. The second kappa shape index (κ2) is 7.69. The zero-order chi connectivity index (χ0) is 21.3. The number of hydrogen-bond acceptors (Lipinski definition) is 5. The molecule has 1 amide bonds. The molecule has 1 aliphatic rings. The van der Waals surface area contributed by atoms with E-state index in [1.54, 1.807) is 24.1 Å². The molecule has 3 heterocycles. The molecule has 10 heteroatoms. The number of halogens is 3. The molecule has 0 spiro atoms. The fourth-order valence-electron chi connectivity index (χ4n) is 3.06. The second-order valence-corrected chi connectivity index (χ2v) is 6.70. The summed E-state index contributed by atoms with van der Waals surface area (Å²) < 4.78 is 48.6. The summed E-state index contributed by atoms with van der Waals surface area (Å²) >= 11 is 0. The van der Waals surface area contributed by atoms with Gasteiger partial charge < -0.3 is 14.4 Å². The number of nitrogens with zero attached hydrogens (tertiary/aromatic N) is 3. The highest BCUT2D eigenvalue weighted by atomic mass is 19.4. The quantitative estimate of drug-likeness (QED) is 0.687. The molecule has 0 unspecified atom stereocenters. The Bertz CT molecular complexity index is 1040. The van der Waals surface area contributed by atoms with Crippen LogP contribution in [0.15, 0.2) is 48.7 Å². The van der Waals surface area contributed by atoms with Crippen LogP contribution < -0.4 is 9.47 Å². The van der Waals surface area contributed by atoms with Gasteiger partial charge in [0, 0.05) is 17.8 Å². The molecule has 1 N–H and O–H groups in total. The van der Waals surface area contributed by atoms with Gasteiger partial charge in [-0.05, 0) is 24.3 Å². The zero-order valence-electron chi connectivity index (χ0n) is 15.8. The molecular formula is C20H17F3N4O3. The lowest BCUT2D eigenvalue weighted by molar-refractivity contribution is -0.137. The van der Waals surface area contributed by atoms with Crippen LogP contribution in [0, 0.1) is 0 Å². The average Bonchev–Trinajstić information content (AvgIpc) is 3.19. The summed E-state index contributed by atoms with van der Waals surface area (Å²) in [5.74, 6) is 0.480. The normalized spacial score (nSPS) is 14.3. The first-order valence-corrected chi connectivity index (χ1v) is 9.03. The highest BCUT2D eigenvalue weighted by molar-refractivity contribution is 5.94. The van der Waals surface area contributed by atoms with Gasteiger partial charge in [-0.2, -0.15) is 18.3 Å². The summed E-state index contributed by atoms with van der Waals surface area (Å²) in [6.45, 7) is 0.592. The highest BCUT2D eigenvalue weighted by Crippen LogP contribution is 2.30. The number of amides is 1. The fourth-order valence-corrected chi connectivity index (χ4v) is 3.06. The van der Waals surface area contributed by atoms with Crippen molar-refractivity contribution in [3.05, 3.63) is 59.9 Å². The van der Waals surface area contributed by atoms with E-state index in [1.807, 2.05) is 18.2 Å². The number of nitrogens with one attached hydrogen (secondary N) is 1. The van der Waals surface area contributed by atoms with Crippen LogP contribution in [0.4, 0.5) is 13.2 Å². The number of aromatic nitrogens is 3. The Morgan fingerprint density at radius 2 is 1.97 bits per heavy atom. The van der Waals surface area contributed by atoms with Gasteiger partial charge in [0.15, 0.2) is 0 Å². The predicted octanol–water partition coefficient (Wildman–Crippen LogP) is 3.40. The zero-order valence-corrected chi connectivity index (χ0v) is 15.8. The van der Waals surface area contributed by atoms with Crippen LogP contribution in [0.1, 0.15) is 16.1 Å². The van der Waals surface area contributed by atoms with E-state index < -0.39 is 11.7 Å². The first-order valence-electron chi connectivity index (χ1n) is 9.03. The van der Waals surface area contributed by atoms with Crippen LogP contribution in [0.3, 0.4) is 0 Å². The molecule has 30 heavy (non-hydrogen) atoms. The molecular weight excluding hydrogens is 401 g/mol. The fraction of sp³-hybridized carbons (Fsp3) is 0.250. The van der Waals surface area contributed by atoms with Gasteiger partial charge in [-0.15, -0.1) is 0 Å². The first kappa shape index (κ1) is 19.7. The number of H-pyrrole nitrogens is 1. The lowest BCUT2D eigenvalue weighted by atomic mass is 10.1. The minimum Gasteiger partial charge on any atom is -0.496 e. The molecule has 4 rings (SSSR count). The summed E-state index contributed by atoms with van der Waals surface area (Å²) in [5.41, 5.74) is 0.818. The molecule has 1 fully saturated rings. The SMILES string of the molecule is COc1ccccc1-c1cc(C(=O)N2CC(Oc3ccc(C(F)(F)F)cn3)C2)[nH]n1. The monoisotopic (exact) mass is 418 g/mol. The van der Waals surface area contributed by atoms with Gasteiger partial charge in [-0.1, -0.05) is 12.1 Å². The summed E-state index contributed by atoms with van der Waals surface area (Å²) in [4.78, 5) is 17.8. The Balaban J connectivity index is 1.35. The van der Waals surface area contributed by atoms with E-state index in [9.17, 15) is 18.0 Å². The summed E-state index contributed by atoms with van der Waals surface area (Å²) in [6.07, 6.45) is -4.06. The molecule has 1 aliphatic heterocycles. The van der Waals surface area contributed by atoms with Crippen molar-refractivity contribution < 1.29 is 27.4 Å². The van der Waals surface area contributed by atoms with E-state index in [1.165, 1.54) is 6.07 Å². The molecule has 2 aromatic heterocycles. The van der Waals surface area contributed by atoms with Crippen molar-refractivity contribution >= 4 is 5.91 Å². The second-order valence-electron chi connectivity index (χ2n) is 6.70. The summed E-state index contributed by atoms with van der Waals surface area (Å²) in [7, 11) is 1.56. The van der Waals surface area contributed by atoms with Gasteiger partial charge in [0.05, 0.1) is 31.5 Å². The van der Waals surface area contributed by atoms with Gasteiger partial charge in [0.2, 0.25) is 5.88 Å². The predicted molar refractivity (Wildman–Crippen MR) is 100 cm³/mol. The Hall–Kier alpha value is -3.56. The number of hydrogen-bond donors (Lipinski definition) is 1. The maximum absolute atomic E-state index is 12.6. The number of benzene rings is 1. The van der Waals surface area contributed by atoms with Gasteiger partial charge in [0.1, 0.15) is 17.5 Å². The van der Waals surface area contributed by atoms with Crippen LogP contribution in [0.5, 0.6) is 11.6 Å². The van der Waals surface area contributed by atoms with Crippen LogP contribution in [-0.2, 0) is 6.18 Å². The Labute approximate surface area is 169 Å². The number of carbonyl (C=O) groups excluding carboxylic acids is 1. The molecule has 156 valence electrons. The van der Waals surface area contributed by atoms with Crippen LogP contribution in [0.25, 0.3) is 11.3 Å². The van der Waals surface area contributed by atoms with Gasteiger partial charge in [0.25, 0.3) is 5.91 Å². The Morgan fingerprint density at radius 1 is 1.20 bits per heavy atom. The molecule has 0 aliphatic carbocycles. The highest BCUT2D eigenvalue weighted by Gasteiger charge is 2.35. The maximum atomic E-state index is 12.6. The minimum absolute atomic E-state index is 0.0834. The third-order valence-electron chi connectivity index (χ3n) is 4.68. The van der Waals surface area contributed by atoms with Gasteiger partial charge in [-0.3, -0.25) is 9.89 Å². The van der Waals surface area contributed by atoms with Crippen molar-refractivity contribution in [1.29, 1.82) is 0 Å². The number of likely N-dealkylation sites (tertiary alicyclic amines) is 1. The van der Waals surface area contributed by atoms with E-state index in [0.29, 0.717) is 30.2 Å². The van der Waals surface area contributed by atoms with Crippen molar-refractivity contribution in [2.75, 3.05) is 20.2 Å². The van der Waals surface area contributed by atoms with Crippen LogP contribution >= 0.6 is 0 Å². The van der Waals surface area contributed by atoms with E-state index in [2.05, 4.69) is 15.2 Å². The number of rotatable bonds is 5. The molecule has 1 saturated heterocycles. The molecule has 3 aromatic rings. The van der Waals surface area contributed by atoms with Gasteiger partial charge in [-0.25, -0.2) is 4.98 Å². The number of carbonyl (C=O) groups is 1. The number of aromatic amines is 1. The Morgan fingerprint density at radius 3 is 2.63 bits per heavy atom. The number of pyridine rings is 1. The van der Waals surface area contributed by atoms with Crippen molar-refractivity contribution in [2.24, 2.45) is 0 Å².